The van der Waals surface area contributed by atoms with Crippen LogP contribution >= 0.6 is 0 Å². The Morgan fingerprint density at radius 3 is 2.04 bits per heavy atom. The number of hydrogen-bond donors (Lipinski definition) is 1. The second kappa shape index (κ2) is 7.60. The molecule has 0 bridgehead atoms. The fourth-order valence-corrected chi connectivity index (χ4v) is 3.33. The lowest BCUT2D eigenvalue weighted by Crippen LogP contribution is -2.45. The van der Waals surface area contributed by atoms with Crippen LogP contribution in [0, 0.1) is 5.92 Å². The standard InChI is InChI=1S/C21H24N2O3/c1-14(2)20(21(25)26-3)22-19(24)12-13-23-17-10-6-4-8-15(17)16-9-5-7-11-18(16)23/h4-11,14,20H,12-13H2,1-3H3,(H,22,24)/t20-/m0/s1. The second-order valence-corrected chi connectivity index (χ2v) is 6.75. The molecule has 0 radical (unpaired) electrons. The van der Waals surface area contributed by atoms with Crippen molar-refractivity contribution in [2.75, 3.05) is 7.11 Å². The summed E-state index contributed by atoms with van der Waals surface area (Å²) in [6, 6.07) is 15.8. The highest BCUT2D eigenvalue weighted by Crippen LogP contribution is 2.28. The van der Waals surface area contributed by atoms with Crippen molar-refractivity contribution in [2.24, 2.45) is 5.92 Å². The largest absolute Gasteiger partial charge is 0.467 e. The first-order chi connectivity index (χ1) is 12.5. The molecular weight excluding hydrogens is 328 g/mol. The SMILES string of the molecule is COC(=O)[C@@H](NC(=O)CCn1c2ccccc2c2ccccc21)C(C)C. The average Bonchev–Trinajstić information content (AvgIpc) is 2.97. The number of aryl methyl sites for hydroxylation is 1. The van der Waals surface area contributed by atoms with Crippen LogP contribution in [0.3, 0.4) is 0 Å². The van der Waals surface area contributed by atoms with Crippen molar-refractivity contribution < 1.29 is 14.3 Å². The van der Waals surface area contributed by atoms with E-state index in [1.165, 1.54) is 17.9 Å². The highest BCUT2D eigenvalue weighted by molar-refractivity contribution is 6.08. The summed E-state index contributed by atoms with van der Waals surface area (Å²) >= 11 is 0. The van der Waals surface area contributed by atoms with Gasteiger partial charge in [0.05, 0.1) is 7.11 Å². The van der Waals surface area contributed by atoms with Crippen LogP contribution in [0.15, 0.2) is 48.5 Å². The van der Waals surface area contributed by atoms with Crippen molar-refractivity contribution >= 4 is 33.7 Å². The third-order valence-electron chi connectivity index (χ3n) is 4.68. The lowest BCUT2D eigenvalue weighted by Gasteiger charge is -2.20. The molecule has 1 atom stereocenters. The van der Waals surface area contributed by atoms with Crippen molar-refractivity contribution in [3.05, 3.63) is 48.5 Å². The van der Waals surface area contributed by atoms with Crippen molar-refractivity contribution in [1.29, 1.82) is 0 Å². The van der Waals surface area contributed by atoms with Gasteiger partial charge in [0.15, 0.2) is 0 Å². The Hall–Kier alpha value is -2.82. The van der Waals surface area contributed by atoms with E-state index in [1.807, 2.05) is 38.1 Å². The monoisotopic (exact) mass is 352 g/mol. The molecule has 26 heavy (non-hydrogen) atoms. The zero-order valence-corrected chi connectivity index (χ0v) is 15.4. The maximum Gasteiger partial charge on any atom is 0.328 e. The molecular formula is C21H24N2O3. The van der Waals surface area contributed by atoms with Gasteiger partial charge in [-0.3, -0.25) is 4.79 Å². The van der Waals surface area contributed by atoms with E-state index in [0.717, 1.165) is 11.0 Å². The summed E-state index contributed by atoms with van der Waals surface area (Å²) in [6.45, 7) is 4.31. The molecule has 1 N–H and O–H groups in total. The number of hydrogen-bond acceptors (Lipinski definition) is 3. The van der Waals surface area contributed by atoms with Gasteiger partial charge < -0.3 is 14.6 Å². The quantitative estimate of drug-likeness (QED) is 0.691. The lowest BCUT2D eigenvalue weighted by atomic mass is 10.0. The van der Waals surface area contributed by atoms with Crippen LogP contribution in [0.25, 0.3) is 21.8 Å². The molecule has 0 aliphatic heterocycles. The third kappa shape index (κ3) is 3.43. The molecule has 1 heterocycles. The summed E-state index contributed by atoms with van der Waals surface area (Å²) in [7, 11) is 1.34. The number of esters is 1. The van der Waals surface area contributed by atoms with E-state index in [9.17, 15) is 9.59 Å². The Labute approximate surface area is 152 Å². The van der Waals surface area contributed by atoms with Crippen LogP contribution < -0.4 is 5.32 Å². The van der Waals surface area contributed by atoms with Gasteiger partial charge >= 0.3 is 5.97 Å². The molecule has 1 amide bonds. The molecule has 0 aliphatic carbocycles. The number of amides is 1. The Kier molecular flexibility index (Phi) is 5.26. The minimum Gasteiger partial charge on any atom is -0.467 e. The number of para-hydroxylation sites is 2. The van der Waals surface area contributed by atoms with E-state index >= 15 is 0 Å². The molecule has 2 aromatic carbocycles. The third-order valence-corrected chi connectivity index (χ3v) is 4.68. The van der Waals surface area contributed by atoms with Crippen LogP contribution in [0.5, 0.6) is 0 Å². The number of aromatic nitrogens is 1. The molecule has 0 saturated carbocycles. The van der Waals surface area contributed by atoms with E-state index < -0.39 is 12.0 Å². The Balaban J connectivity index is 1.81. The summed E-state index contributed by atoms with van der Waals surface area (Å²) in [5.74, 6) is -0.596. The zero-order chi connectivity index (χ0) is 18.7. The number of ether oxygens (including phenoxy) is 1. The van der Waals surface area contributed by atoms with Gasteiger partial charge in [-0.25, -0.2) is 4.79 Å². The molecule has 3 rings (SSSR count). The van der Waals surface area contributed by atoms with Gasteiger partial charge in [-0.15, -0.1) is 0 Å². The molecule has 0 saturated heterocycles. The second-order valence-electron chi connectivity index (χ2n) is 6.75. The number of nitrogens with one attached hydrogen (secondary N) is 1. The van der Waals surface area contributed by atoms with Crippen molar-refractivity contribution in [3.63, 3.8) is 0 Å². The van der Waals surface area contributed by atoms with Gasteiger partial charge in [-0.05, 0) is 18.1 Å². The highest BCUT2D eigenvalue weighted by atomic mass is 16.5. The minimum absolute atomic E-state index is 0.0281. The van der Waals surface area contributed by atoms with E-state index in [1.54, 1.807) is 0 Å². The summed E-state index contributed by atoms with van der Waals surface area (Å²) < 4.78 is 6.94. The number of methoxy groups -OCH3 is 1. The normalized spacial score (nSPS) is 12.5. The molecule has 0 fully saturated rings. The topological polar surface area (TPSA) is 60.3 Å². The highest BCUT2D eigenvalue weighted by Gasteiger charge is 2.24. The molecule has 0 unspecified atom stereocenters. The average molecular weight is 352 g/mol. The summed E-state index contributed by atoms with van der Waals surface area (Å²) in [5.41, 5.74) is 2.21. The summed E-state index contributed by atoms with van der Waals surface area (Å²) in [4.78, 5) is 24.2. The number of carbonyl (C=O) groups is 2. The molecule has 5 heteroatoms. The minimum atomic E-state index is -0.620. The predicted molar refractivity (Wildman–Crippen MR) is 103 cm³/mol. The first-order valence-corrected chi connectivity index (χ1v) is 8.86. The number of rotatable bonds is 6. The molecule has 0 spiro atoms. The van der Waals surface area contributed by atoms with Gasteiger partial charge in [-0.1, -0.05) is 50.2 Å². The Bertz CT molecular complexity index is 889. The first kappa shape index (κ1) is 18.0. The van der Waals surface area contributed by atoms with Gasteiger partial charge in [0.1, 0.15) is 6.04 Å². The summed E-state index contributed by atoms with van der Waals surface area (Å²) in [6.07, 6.45) is 0.295. The molecule has 0 aliphatic rings. The zero-order valence-electron chi connectivity index (χ0n) is 15.4. The van der Waals surface area contributed by atoms with Crippen LogP contribution in [0.4, 0.5) is 0 Å². The van der Waals surface area contributed by atoms with Gasteiger partial charge in [0.2, 0.25) is 5.91 Å². The number of carbonyl (C=O) groups excluding carboxylic acids is 2. The van der Waals surface area contributed by atoms with Crippen molar-refractivity contribution in [3.8, 4) is 0 Å². The lowest BCUT2D eigenvalue weighted by molar-refractivity contribution is -0.146. The Morgan fingerprint density at radius 1 is 1.00 bits per heavy atom. The van der Waals surface area contributed by atoms with Gasteiger partial charge in [0.25, 0.3) is 0 Å². The Morgan fingerprint density at radius 2 is 1.54 bits per heavy atom. The van der Waals surface area contributed by atoms with Crippen molar-refractivity contribution in [1.82, 2.24) is 9.88 Å². The number of fused-ring (bicyclic) bond motifs is 3. The van der Waals surface area contributed by atoms with E-state index in [4.69, 9.17) is 4.74 Å². The predicted octanol–water partition coefficient (Wildman–Crippen LogP) is 3.50. The van der Waals surface area contributed by atoms with Crippen LogP contribution in [0.1, 0.15) is 20.3 Å². The molecule has 1 aromatic heterocycles. The molecule has 136 valence electrons. The molecule has 5 nitrogen and oxygen atoms in total. The number of benzene rings is 2. The van der Waals surface area contributed by atoms with Crippen LogP contribution in [0.2, 0.25) is 0 Å². The van der Waals surface area contributed by atoms with Crippen molar-refractivity contribution in [2.45, 2.75) is 32.9 Å². The maximum absolute atomic E-state index is 12.4. The van der Waals surface area contributed by atoms with Crippen LogP contribution in [-0.4, -0.2) is 29.6 Å². The van der Waals surface area contributed by atoms with Gasteiger partial charge in [-0.2, -0.15) is 0 Å². The number of nitrogens with zero attached hydrogens (tertiary/aromatic N) is 1. The van der Waals surface area contributed by atoms with E-state index in [-0.39, 0.29) is 11.8 Å². The summed E-state index contributed by atoms with van der Waals surface area (Å²) in [5, 5.41) is 5.16. The fraction of sp³-hybridized carbons (Fsp3) is 0.333. The van der Waals surface area contributed by atoms with E-state index in [0.29, 0.717) is 13.0 Å². The van der Waals surface area contributed by atoms with E-state index in [2.05, 4.69) is 34.1 Å². The first-order valence-electron chi connectivity index (χ1n) is 8.86. The smallest absolute Gasteiger partial charge is 0.328 e. The maximum atomic E-state index is 12.4. The van der Waals surface area contributed by atoms with Crippen LogP contribution in [-0.2, 0) is 20.9 Å². The fourth-order valence-electron chi connectivity index (χ4n) is 3.33. The van der Waals surface area contributed by atoms with Gasteiger partial charge in [0, 0.05) is 34.8 Å². The molecule has 3 aromatic rings.